The predicted octanol–water partition coefficient (Wildman–Crippen LogP) is 11.0. The van der Waals surface area contributed by atoms with Crippen molar-refractivity contribution in [1.29, 1.82) is 10.5 Å². The zero-order valence-corrected chi connectivity index (χ0v) is 36.4. The third kappa shape index (κ3) is 19.3. The first-order valence-corrected chi connectivity index (χ1v) is 18.3. The van der Waals surface area contributed by atoms with Crippen molar-refractivity contribution >= 4 is 11.9 Å². The Kier molecular flexibility index (Phi) is 25.5. The van der Waals surface area contributed by atoms with E-state index in [1.54, 1.807) is 6.07 Å². The minimum absolute atomic E-state index is 0.232. The molecule has 1 unspecified atom stereocenters. The molecule has 0 saturated carbocycles. The molecule has 4 N–H and O–H groups in total. The molecule has 0 aromatic carbocycles. The first-order chi connectivity index (χ1) is 30.4. The van der Waals surface area contributed by atoms with E-state index in [9.17, 15) is 115 Å². The summed E-state index contributed by atoms with van der Waals surface area (Å²) in [6, 6.07) is 3.81. The second kappa shape index (κ2) is 24.8. The van der Waals surface area contributed by atoms with Crippen molar-refractivity contribution in [2.45, 2.75) is 164 Å². The van der Waals surface area contributed by atoms with E-state index >= 15 is 0 Å². The highest BCUT2D eigenvalue weighted by Gasteiger charge is 2.76. The van der Waals surface area contributed by atoms with Gasteiger partial charge in [0, 0.05) is 43.3 Å². The summed E-state index contributed by atoms with van der Waals surface area (Å²) in [5.74, 6) is -3.48. The van der Waals surface area contributed by atoms with Crippen molar-refractivity contribution in [3.8, 4) is 12.1 Å². The van der Waals surface area contributed by atoms with Crippen molar-refractivity contribution in [2.75, 3.05) is 0 Å². The van der Waals surface area contributed by atoms with Gasteiger partial charge in [0.25, 0.3) is 22.4 Å². The van der Waals surface area contributed by atoms with Crippen molar-refractivity contribution in [1.82, 2.24) is 0 Å². The summed E-state index contributed by atoms with van der Waals surface area (Å²) in [5, 5.41) is 51.9. The topological polar surface area (TPSA) is 181 Å². The lowest BCUT2D eigenvalue weighted by Crippen LogP contribution is -2.62. The average Bonchev–Trinajstić information content (AvgIpc) is 3.14. The summed E-state index contributed by atoms with van der Waals surface area (Å²) in [6.45, 7) is 13.8. The van der Waals surface area contributed by atoms with Crippen LogP contribution in [0, 0.1) is 34.0 Å². The number of halogens is 24. The van der Waals surface area contributed by atoms with E-state index in [-0.39, 0.29) is 12.3 Å². The van der Waals surface area contributed by atoms with E-state index in [0.29, 0.717) is 0 Å². The van der Waals surface area contributed by atoms with Gasteiger partial charge in [-0.3, -0.25) is 4.79 Å². The van der Waals surface area contributed by atoms with Crippen molar-refractivity contribution in [2.24, 2.45) is 11.3 Å². The maximum Gasteiger partial charge on any atom is 0.426 e. The lowest BCUT2D eigenvalue weighted by molar-refractivity contribution is -0.386. The minimum atomic E-state index is -6.65. The number of aliphatic hydroxyl groups is 4. The van der Waals surface area contributed by atoms with Crippen LogP contribution in [0.15, 0.2) is 24.8 Å². The van der Waals surface area contributed by atoms with Crippen molar-refractivity contribution in [3.05, 3.63) is 24.8 Å². The molecule has 0 bridgehead atoms. The van der Waals surface area contributed by atoms with Gasteiger partial charge in [-0.2, -0.15) is 116 Å². The molecule has 0 aliphatic rings. The van der Waals surface area contributed by atoms with Gasteiger partial charge in [0.05, 0.1) is 17.6 Å². The Bertz CT molecular complexity index is 1640. The Morgan fingerprint density at radius 1 is 0.543 bits per heavy atom. The number of hydrogen-bond donors (Lipinski definition) is 4. The van der Waals surface area contributed by atoms with Gasteiger partial charge in [-0.15, -0.1) is 0 Å². The van der Waals surface area contributed by atoms with Crippen LogP contribution in [0.1, 0.15) is 80.1 Å². The lowest BCUT2D eigenvalue weighted by Gasteiger charge is -2.39. The molecule has 0 amide bonds. The molecular weight excluding hydrogens is 1040 g/mol. The number of carbonyl (C=O) groups is 2. The van der Waals surface area contributed by atoms with Crippen LogP contribution in [0.3, 0.4) is 0 Å². The molecule has 0 radical (unpaired) electrons. The molecule has 0 aromatic rings. The Morgan fingerprint density at radius 2 is 0.757 bits per heavy atom. The molecule has 0 aromatic heterocycles. The summed E-state index contributed by atoms with van der Waals surface area (Å²) >= 11 is 0. The molecule has 10 nitrogen and oxygen atoms in total. The maximum absolute atomic E-state index is 12.9. The van der Waals surface area contributed by atoms with Crippen LogP contribution in [0.2, 0.25) is 0 Å². The van der Waals surface area contributed by atoms with E-state index in [2.05, 4.69) is 28.7 Å². The Balaban J connectivity index is -0.000000520. The van der Waals surface area contributed by atoms with Crippen LogP contribution in [-0.4, -0.2) is 116 Å². The van der Waals surface area contributed by atoms with Gasteiger partial charge < -0.3 is 29.9 Å². The largest absolute Gasteiger partial charge is 0.462 e. The number of nitrogens with zero attached hydrogens (tertiary/aromatic N) is 2. The molecule has 0 fully saturated rings. The van der Waals surface area contributed by atoms with Gasteiger partial charge in [0.15, 0.2) is 0 Å². The van der Waals surface area contributed by atoms with Gasteiger partial charge >= 0.3 is 61.3 Å². The second-order valence-corrected chi connectivity index (χ2v) is 15.1. The molecule has 0 heterocycles. The molecule has 34 heteroatoms. The number of rotatable bonds is 14. The summed E-state index contributed by atoms with van der Waals surface area (Å²) in [7, 11) is 0. The molecule has 412 valence electrons. The molecule has 0 spiro atoms. The zero-order chi connectivity index (χ0) is 57.7. The highest BCUT2D eigenvalue weighted by Crippen LogP contribution is 2.52. The van der Waals surface area contributed by atoms with Crippen LogP contribution >= 0.6 is 0 Å². The van der Waals surface area contributed by atoms with Crippen LogP contribution in [0.4, 0.5) is 105 Å². The molecule has 1 atom stereocenters. The monoisotopic (exact) mass is 1090 g/mol. The predicted molar refractivity (Wildman–Crippen MR) is 186 cm³/mol. The van der Waals surface area contributed by atoms with Gasteiger partial charge in [0.2, 0.25) is 0 Å². The normalized spacial score (nSPS) is 14.3. The van der Waals surface area contributed by atoms with Gasteiger partial charge in [-0.1, -0.05) is 27.0 Å². The highest BCUT2D eigenvalue weighted by atomic mass is 19.4. The number of carbonyl (C=O) groups excluding carboxylic acids is 2. The van der Waals surface area contributed by atoms with Gasteiger partial charge in [-0.25, -0.2) is 4.79 Å². The Morgan fingerprint density at radius 3 is 0.886 bits per heavy atom. The average molecular weight is 1090 g/mol. The fourth-order valence-corrected chi connectivity index (χ4v) is 4.00. The standard InChI is InChI=1S/C15H18F12O4.C13H12F12O4.C5H9N.C3H3N/c1-4-9(2,3)8(28)31-7(5-10(29,12(16,17)18)13(19,20)21)6-11(30,14(22,23)24)15(25,26)27;1-5(2)7(26)29-6(3-8(27,10(14,15)16)11(17,18)19)4-9(28,12(20,21)22)13(23,24)25;1-3-5(2)4-6;1-2-3-4/h7,29-30H,4-6H2,1-3H3;6,27-28H,1,3-4H2,2H3;5H,3H2,1-2H3;2H,1H2. The molecule has 0 saturated heterocycles. The molecule has 0 aliphatic heterocycles. The van der Waals surface area contributed by atoms with Gasteiger partial charge in [-0.05, 0) is 40.5 Å². The molecular formula is C36H42F24N2O8. The Labute approximate surface area is 380 Å². The fraction of sp³-hybridized carbons (Fsp3) is 0.778. The molecule has 0 aliphatic carbocycles. The number of alkyl halides is 24. The smallest absolute Gasteiger partial charge is 0.426 e. The van der Waals surface area contributed by atoms with Crippen LogP contribution < -0.4 is 0 Å². The van der Waals surface area contributed by atoms with Gasteiger partial charge in [0.1, 0.15) is 12.2 Å². The first-order valence-electron chi connectivity index (χ1n) is 18.3. The van der Waals surface area contributed by atoms with Crippen molar-refractivity contribution < 1.29 is 145 Å². The van der Waals surface area contributed by atoms with E-state index in [1.165, 1.54) is 13.0 Å². The minimum Gasteiger partial charge on any atom is -0.462 e. The second-order valence-electron chi connectivity index (χ2n) is 15.1. The molecule has 0 rings (SSSR count). The van der Waals surface area contributed by atoms with Crippen LogP contribution in [-0.2, 0) is 19.1 Å². The third-order valence-corrected chi connectivity index (χ3v) is 9.10. The highest BCUT2D eigenvalue weighted by molar-refractivity contribution is 5.87. The van der Waals surface area contributed by atoms with Crippen LogP contribution in [0.25, 0.3) is 0 Å². The number of ether oxygens (including phenoxy) is 2. The molecule has 70 heavy (non-hydrogen) atoms. The fourth-order valence-electron chi connectivity index (χ4n) is 4.00. The first kappa shape index (κ1) is 72.1. The van der Waals surface area contributed by atoms with E-state index < -0.39 is 133 Å². The summed E-state index contributed by atoms with van der Waals surface area (Å²) in [5.41, 5.74) is -26.0. The SMILES string of the molecule is C=C(C)C(=O)OC(CC(O)(C(F)(F)F)C(F)(F)F)CC(O)(C(F)(F)F)C(F)(F)F.C=CC#N.CCC(C)(C)C(=O)OC(CC(O)(C(F)(F)F)C(F)(F)F)CC(O)(C(F)(F)F)C(F)(F)F.CCC(C)C#N. The number of allylic oxidation sites excluding steroid dienone is 1. The zero-order valence-electron chi connectivity index (χ0n) is 36.4. The quantitative estimate of drug-likeness (QED) is 0.0566. The summed E-state index contributed by atoms with van der Waals surface area (Å²) in [4.78, 5) is 23.3. The van der Waals surface area contributed by atoms with E-state index in [0.717, 1.165) is 27.2 Å². The Hall–Kier alpha value is -4.44. The number of nitriles is 2. The summed E-state index contributed by atoms with van der Waals surface area (Å²) < 4.78 is 315. The van der Waals surface area contributed by atoms with E-state index in [1.807, 2.05) is 13.8 Å². The number of esters is 2. The lowest BCUT2D eigenvalue weighted by atomic mass is 9.86. The third-order valence-electron chi connectivity index (χ3n) is 9.10. The van der Waals surface area contributed by atoms with Crippen LogP contribution in [0.5, 0.6) is 0 Å². The maximum atomic E-state index is 12.9. The van der Waals surface area contributed by atoms with Crippen molar-refractivity contribution in [3.63, 3.8) is 0 Å². The number of hydrogen-bond acceptors (Lipinski definition) is 10. The van der Waals surface area contributed by atoms with E-state index in [4.69, 9.17) is 30.9 Å². The summed E-state index contributed by atoms with van der Waals surface area (Å²) in [6.07, 6.45) is -70.3.